The zero-order chi connectivity index (χ0) is 17.1. The van der Waals surface area contributed by atoms with E-state index in [2.05, 4.69) is 17.5 Å². The summed E-state index contributed by atoms with van der Waals surface area (Å²) in [6, 6.07) is 8.90. The van der Waals surface area contributed by atoms with Crippen LogP contribution < -0.4 is 0 Å². The zero-order valence-electron chi connectivity index (χ0n) is 13.3. The predicted molar refractivity (Wildman–Crippen MR) is 97.9 cm³/mol. The van der Waals surface area contributed by atoms with Crippen LogP contribution in [0.4, 0.5) is 5.69 Å². The molecule has 1 amide bonds. The number of hydrogen-bond donors (Lipinski definition) is 0. The van der Waals surface area contributed by atoms with Crippen molar-refractivity contribution in [1.82, 2.24) is 4.90 Å². The van der Waals surface area contributed by atoms with Gasteiger partial charge in [-0.3, -0.25) is 14.9 Å². The molecule has 1 aromatic carbocycles. The molecule has 24 heavy (non-hydrogen) atoms. The summed E-state index contributed by atoms with van der Waals surface area (Å²) in [6.07, 6.45) is 0.908. The molecule has 0 radical (unpaired) electrons. The Hall–Kier alpha value is -1.86. The van der Waals surface area contributed by atoms with Gasteiger partial charge in [0.2, 0.25) is 0 Å². The monoisotopic (exact) mass is 362 g/mol. The number of benzene rings is 1. The average molecular weight is 362 g/mol. The zero-order valence-corrected chi connectivity index (χ0v) is 14.9. The SMILES string of the molecule is Cc1c(C(=O)N2CCSC(c3cccs3)CC2)cccc1[N+](=O)[O-]. The van der Waals surface area contributed by atoms with E-state index in [1.165, 1.54) is 10.9 Å². The van der Waals surface area contributed by atoms with E-state index in [0.29, 0.717) is 29.5 Å². The lowest BCUT2D eigenvalue weighted by atomic mass is 10.1. The number of nitrogens with zero attached hydrogens (tertiary/aromatic N) is 2. The van der Waals surface area contributed by atoms with Gasteiger partial charge in [0, 0.05) is 46.2 Å². The molecule has 0 bridgehead atoms. The molecule has 3 rings (SSSR count). The van der Waals surface area contributed by atoms with Crippen molar-refractivity contribution in [2.75, 3.05) is 18.8 Å². The number of carbonyl (C=O) groups excluding carboxylic acids is 1. The highest BCUT2D eigenvalue weighted by Crippen LogP contribution is 2.37. The molecule has 0 aliphatic carbocycles. The number of carbonyl (C=O) groups is 1. The van der Waals surface area contributed by atoms with Crippen LogP contribution in [0.5, 0.6) is 0 Å². The molecule has 0 N–H and O–H groups in total. The second-order valence-corrected chi connectivity index (χ2v) is 7.95. The van der Waals surface area contributed by atoms with Crippen LogP contribution in [0.1, 0.15) is 32.5 Å². The summed E-state index contributed by atoms with van der Waals surface area (Å²) < 4.78 is 0. The van der Waals surface area contributed by atoms with Crippen molar-refractivity contribution >= 4 is 34.7 Å². The summed E-state index contributed by atoms with van der Waals surface area (Å²) in [6.45, 7) is 3.00. The van der Waals surface area contributed by atoms with Crippen molar-refractivity contribution in [1.29, 1.82) is 0 Å². The van der Waals surface area contributed by atoms with Gasteiger partial charge in [0.15, 0.2) is 0 Å². The van der Waals surface area contributed by atoms with Crippen molar-refractivity contribution in [2.45, 2.75) is 18.6 Å². The molecule has 2 aromatic rings. The number of thioether (sulfide) groups is 1. The number of amides is 1. The molecule has 0 spiro atoms. The minimum absolute atomic E-state index is 0.00140. The Labute approximate surface area is 148 Å². The number of rotatable bonds is 3. The molecule has 126 valence electrons. The molecule has 7 heteroatoms. The van der Waals surface area contributed by atoms with Gasteiger partial charge < -0.3 is 4.90 Å². The first-order valence-corrected chi connectivity index (χ1v) is 9.69. The van der Waals surface area contributed by atoms with Crippen LogP contribution in [0.25, 0.3) is 0 Å². The van der Waals surface area contributed by atoms with E-state index >= 15 is 0 Å². The second kappa shape index (κ2) is 7.36. The Balaban J connectivity index is 1.76. The molecule has 1 atom stereocenters. The predicted octanol–water partition coefficient (Wildman–Crippen LogP) is 4.29. The van der Waals surface area contributed by atoms with Crippen molar-refractivity contribution < 1.29 is 9.72 Å². The molecular weight excluding hydrogens is 344 g/mol. The van der Waals surface area contributed by atoms with Gasteiger partial charge in [-0.15, -0.1) is 11.3 Å². The third kappa shape index (κ3) is 3.47. The lowest BCUT2D eigenvalue weighted by Gasteiger charge is -2.21. The van der Waals surface area contributed by atoms with Gasteiger partial charge in [-0.2, -0.15) is 11.8 Å². The smallest absolute Gasteiger partial charge is 0.273 e. The Kier molecular flexibility index (Phi) is 5.20. The number of thiophene rings is 1. The molecule has 5 nitrogen and oxygen atoms in total. The molecule has 1 unspecified atom stereocenters. The van der Waals surface area contributed by atoms with E-state index < -0.39 is 4.92 Å². The molecule has 1 fully saturated rings. The fourth-order valence-corrected chi connectivity index (χ4v) is 5.14. The van der Waals surface area contributed by atoms with Crippen LogP contribution in [0.3, 0.4) is 0 Å². The fourth-order valence-electron chi connectivity index (χ4n) is 2.90. The summed E-state index contributed by atoms with van der Waals surface area (Å²) >= 11 is 3.63. The molecule has 1 saturated heterocycles. The highest BCUT2D eigenvalue weighted by atomic mass is 32.2. The summed E-state index contributed by atoms with van der Waals surface area (Å²) in [5.41, 5.74) is 0.879. The maximum Gasteiger partial charge on any atom is 0.273 e. The highest BCUT2D eigenvalue weighted by Gasteiger charge is 2.26. The molecule has 2 heterocycles. The maximum atomic E-state index is 12.8. The lowest BCUT2D eigenvalue weighted by Crippen LogP contribution is -2.33. The number of hydrogen-bond acceptors (Lipinski definition) is 5. The van der Waals surface area contributed by atoms with E-state index in [-0.39, 0.29) is 11.6 Å². The minimum Gasteiger partial charge on any atom is -0.338 e. The van der Waals surface area contributed by atoms with Crippen LogP contribution in [0.15, 0.2) is 35.7 Å². The Bertz CT molecular complexity index is 746. The van der Waals surface area contributed by atoms with Crippen LogP contribution >= 0.6 is 23.1 Å². The van der Waals surface area contributed by atoms with E-state index in [1.54, 1.807) is 30.4 Å². The first-order chi connectivity index (χ1) is 11.6. The summed E-state index contributed by atoms with van der Waals surface area (Å²) in [5.74, 6) is 0.770. The van der Waals surface area contributed by atoms with Crippen molar-refractivity contribution in [3.8, 4) is 0 Å². The summed E-state index contributed by atoms with van der Waals surface area (Å²) in [5, 5.41) is 13.6. The van der Waals surface area contributed by atoms with Crippen LogP contribution in [0.2, 0.25) is 0 Å². The van der Waals surface area contributed by atoms with Crippen molar-refractivity contribution in [2.24, 2.45) is 0 Å². The molecule has 1 aromatic heterocycles. The van der Waals surface area contributed by atoms with Gasteiger partial charge in [0.05, 0.1) is 4.92 Å². The third-order valence-electron chi connectivity index (χ3n) is 4.22. The fraction of sp³-hybridized carbons (Fsp3) is 0.353. The normalized spacial score (nSPS) is 18.2. The van der Waals surface area contributed by atoms with Crippen LogP contribution in [-0.4, -0.2) is 34.6 Å². The summed E-state index contributed by atoms with van der Waals surface area (Å²) in [4.78, 5) is 26.7. The van der Waals surface area contributed by atoms with Crippen molar-refractivity contribution in [3.63, 3.8) is 0 Å². The minimum atomic E-state index is -0.433. The van der Waals surface area contributed by atoms with Gasteiger partial charge in [0.25, 0.3) is 11.6 Å². The van der Waals surface area contributed by atoms with Gasteiger partial charge >= 0.3 is 0 Å². The Morgan fingerprint density at radius 2 is 2.12 bits per heavy atom. The average Bonchev–Trinajstić information content (AvgIpc) is 2.99. The quantitative estimate of drug-likeness (QED) is 0.604. The van der Waals surface area contributed by atoms with E-state index in [9.17, 15) is 14.9 Å². The van der Waals surface area contributed by atoms with Gasteiger partial charge in [-0.1, -0.05) is 12.1 Å². The summed E-state index contributed by atoms with van der Waals surface area (Å²) in [7, 11) is 0. The number of nitro benzene ring substituents is 1. The van der Waals surface area contributed by atoms with E-state index in [4.69, 9.17) is 0 Å². The molecule has 1 aliphatic rings. The van der Waals surface area contributed by atoms with E-state index in [0.717, 1.165) is 12.2 Å². The maximum absolute atomic E-state index is 12.8. The highest BCUT2D eigenvalue weighted by molar-refractivity contribution is 7.99. The molecule has 0 saturated carbocycles. The first-order valence-electron chi connectivity index (χ1n) is 7.76. The first kappa shape index (κ1) is 17.0. The topological polar surface area (TPSA) is 63.5 Å². The van der Waals surface area contributed by atoms with E-state index in [1.807, 2.05) is 16.7 Å². The number of nitro groups is 1. The largest absolute Gasteiger partial charge is 0.338 e. The van der Waals surface area contributed by atoms with Gasteiger partial charge in [-0.05, 0) is 30.9 Å². The Morgan fingerprint density at radius 3 is 2.83 bits per heavy atom. The third-order valence-corrected chi connectivity index (χ3v) is 6.67. The standard InChI is InChI=1S/C17H18N2O3S2/c1-12-13(4-2-5-14(12)19(21)22)17(20)18-8-7-16(24-11-9-18)15-6-3-10-23-15/h2-6,10,16H,7-9,11H2,1H3. The van der Waals surface area contributed by atoms with Gasteiger partial charge in [0.1, 0.15) is 0 Å². The van der Waals surface area contributed by atoms with Crippen molar-refractivity contribution in [3.05, 3.63) is 61.8 Å². The van der Waals surface area contributed by atoms with Crippen LogP contribution in [-0.2, 0) is 0 Å². The molecular formula is C17H18N2O3S2. The molecule has 1 aliphatic heterocycles. The Morgan fingerprint density at radius 1 is 1.29 bits per heavy atom. The second-order valence-electron chi connectivity index (χ2n) is 5.66. The van der Waals surface area contributed by atoms with Crippen LogP contribution in [0, 0.1) is 17.0 Å². The van der Waals surface area contributed by atoms with Gasteiger partial charge in [-0.25, -0.2) is 0 Å². The lowest BCUT2D eigenvalue weighted by molar-refractivity contribution is -0.385.